The van der Waals surface area contributed by atoms with Crippen molar-refractivity contribution in [3.63, 3.8) is 0 Å². The minimum Gasteiger partial charge on any atom is -0.329 e. The van der Waals surface area contributed by atoms with Crippen molar-refractivity contribution in [1.29, 1.82) is 5.26 Å². The predicted molar refractivity (Wildman–Crippen MR) is 427 cm³/mol. The van der Waals surface area contributed by atoms with Crippen LogP contribution in [0.4, 0.5) is 0 Å². The monoisotopic (exact) mass is 1440 g/mol. The fraction of sp³-hybridized carbons (Fsp3) is 0.265. The number of para-hydroxylation sites is 12. The largest absolute Gasteiger partial charge is 0.329 e. The fourth-order valence-corrected chi connectivity index (χ4v) is 13.8. The Kier molecular flexibility index (Phi) is 21.0. The number of aryl methyl sites for hydroxylation is 6. The number of nitriles is 1. The van der Waals surface area contributed by atoms with Gasteiger partial charge in [-0.3, -0.25) is 28.8 Å². The first kappa shape index (κ1) is 73.2. The molecule has 108 heavy (non-hydrogen) atoms. The zero-order valence-electron chi connectivity index (χ0n) is 62.6. The van der Waals surface area contributed by atoms with Crippen molar-refractivity contribution in [3.05, 3.63) is 276 Å². The van der Waals surface area contributed by atoms with Crippen molar-refractivity contribution >= 4 is 101 Å². The summed E-state index contributed by atoms with van der Waals surface area (Å²) in [5.41, 5.74) is 19.6. The van der Waals surface area contributed by atoms with Crippen LogP contribution < -0.4 is 33.4 Å². The highest BCUT2D eigenvalue weighted by atomic mass is 16.2. The molecule has 6 aromatic carbocycles. The second kappa shape index (κ2) is 30.9. The lowest BCUT2D eigenvalue weighted by Gasteiger charge is -2.08. The molecule has 5 N–H and O–H groups in total. The number of hydrogen-bond donors (Lipinski definition) is 5. The highest BCUT2D eigenvalue weighted by Crippen LogP contribution is 2.22. The molecule has 0 fully saturated rings. The van der Waals surface area contributed by atoms with Crippen molar-refractivity contribution in [2.45, 2.75) is 141 Å². The molecule has 0 radical (unpaired) electrons. The van der Waals surface area contributed by atoms with E-state index >= 15 is 0 Å². The molecule has 0 bridgehead atoms. The quantitative estimate of drug-likeness (QED) is 0.0851. The summed E-state index contributed by atoms with van der Waals surface area (Å²) in [4.78, 5) is 117. The van der Waals surface area contributed by atoms with E-state index in [4.69, 9.17) is 5.26 Å². The first-order chi connectivity index (χ1) is 52.1. The molecule has 0 amide bonds. The number of rotatable bonds is 10. The Balaban J connectivity index is 0.000000114. The molecule has 0 aliphatic rings. The van der Waals surface area contributed by atoms with Gasteiger partial charge in [0.05, 0.1) is 72.3 Å². The second-order valence-corrected chi connectivity index (χ2v) is 27.4. The lowest BCUT2D eigenvalue weighted by molar-refractivity contribution is 0.582. The highest BCUT2D eigenvalue weighted by Gasteiger charge is 2.19. The minimum absolute atomic E-state index is 0.0000463. The zero-order chi connectivity index (χ0) is 76.4. The molecule has 12 aromatic heterocycles. The van der Waals surface area contributed by atoms with Crippen molar-refractivity contribution in [2.75, 3.05) is 0 Å². The number of nitrogens with zero attached hydrogens (tertiary/aromatic N) is 14. The number of nitrogens with one attached hydrogen (secondary N) is 5. The van der Waals surface area contributed by atoms with Gasteiger partial charge in [-0.25, -0.2) is 56.3 Å². The van der Waals surface area contributed by atoms with Crippen molar-refractivity contribution < 1.29 is 0 Å². The summed E-state index contributed by atoms with van der Waals surface area (Å²) < 4.78 is 11.6. The van der Waals surface area contributed by atoms with Crippen LogP contribution in [0.2, 0.25) is 0 Å². The third-order valence-corrected chi connectivity index (χ3v) is 19.6. The van der Waals surface area contributed by atoms with Gasteiger partial charge in [-0.05, 0) is 166 Å². The molecule has 25 heteroatoms. The number of fused-ring (bicyclic) bond motifs is 18. The third kappa shape index (κ3) is 13.9. The van der Waals surface area contributed by atoms with Crippen molar-refractivity contribution in [1.82, 2.24) is 85.8 Å². The van der Waals surface area contributed by atoms with Gasteiger partial charge < -0.3 is 29.5 Å². The summed E-state index contributed by atoms with van der Waals surface area (Å²) in [7, 11) is 0. The van der Waals surface area contributed by atoms with Gasteiger partial charge in [-0.15, -0.1) is 0 Å². The summed E-state index contributed by atoms with van der Waals surface area (Å²) in [6, 6.07) is 49.5. The molecule has 0 unspecified atom stereocenters. The van der Waals surface area contributed by atoms with Crippen LogP contribution in [0.25, 0.3) is 101 Å². The van der Waals surface area contributed by atoms with Crippen LogP contribution in [0.15, 0.2) is 180 Å². The molecule has 18 aromatic rings. The maximum atomic E-state index is 12.7. The second-order valence-electron chi connectivity index (χ2n) is 27.4. The minimum atomic E-state index is -0.120. The SMILES string of the molecule is CCCCc1c(C)[nH]c2nc3ccccc3n2c1=O.CCCc1c(C)[nH]c2nc3ccccc3n2c1=O.CCc1c(C)[nH]c2nc3ccccc3n2c1=O.Cc1[nH]c2nc3ccccc3n2c(=O)c1C.Cc1[nH]c2nc3ccccc3n2c(=O)c1CCC(C)C.Cc1cc(=O)n2c3ccccc3nc2n1CC#N. The Morgan fingerprint density at radius 3 is 1.05 bits per heavy atom. The molecule has 0 atom stereocenters. The summed E-state index contributed by atoms with van der Waals surface area (Å²) >= 11 is 0. The van der Waals surface area contributed by atoms with Gasteiger partial charge in [0.15, 0.2) is 0 Å². The van der Waals surface area contributed by atoms with Gasteiger partial charge in [0, 0.05) is 68.0 Å². The van der Waals surface area contributed by atoms with Crippen LogP contribution in [0, 0.1) is 65.7 Å². The zero-order valence-corrected chi connectivity index (χ0v) is 62.6. The van der Waals surface area contributed by atoms with E-state index in [0.29, 0.717) is 40.6 Å². The maximum absolute atomic E-state index is 12.7. The fourth-order valence-electron chi connectivity index (χ4n) is 13.8. The number of aromatic nitrogens is 18. The number of imidazole rings is 6. The molecule has 0 aliphatic carbocycles. The van der Waals surface area contributed by atoms with E-state index in [0.717, 1.165) is 180 Å². The lowest BCUT2D eigenvalue weighted by Crippen LogP contribution is -2.21. The molecule has 548 valence electrons. The molecular formula is C83H85N19O6. The van der Waals surface area contributed by atoms with Gasteiger partial charge in [0.25, 0.3) is 33.4 Å². The van der Waals surface area contributed by atoms with E-state index in [1.165, 1.54) is 6.07 Å². The smallest absolute Gasteiger partial charge is 0.262 e. The first-order valence-corrected chi connectivity index (χ1v) is 36.4. The van der Waals surface area contributed by atoms with E-state index in [9.17, 15) is 28.8 Å². The standard InChI is InChI=1S/C16H19N3O.C15H17N3O.C14H15N3O.C13H10N4O.C13H13N3O.C12H11N3O/c1-10(2)8-9-12-11(3)17-16-18-13-6-4-5-7-14(13)19(16)15(12)20;1-3-4-7-11-10(2)16-15-17-12-8-5-6-9-13(12)18(15)14(11)19;1-3-6-10-9(2)15-14-16-11-7-4-5-8-12(11)17(14)13(10)18;1-9-8-12(18)17-11-5-3-2-4-10(11)15-13(17)16(9)7-6-14;1-3-9-8(2)14-13-15-10-6-4-5-7-11(10)16(13)12(9)17;1-7-8(2)13-12-14-9-5-3-4-6-10(9)15(12)11(7)16/h4-7,10H,8-9H2,1-3H3,(H,17,18);5-6,8-9H,3-4,7H2,1-2H3,(H,16,17);4-5,7-8H,3,6H2,1-2H3,(H,15,16);2-5,8H,7H2,1H3;4-7H,3H2,1-2H3,(H,14,15);3-6H,1-2H3,(H,13,14). The van der Waals surface area contributed by atoms with Crippen LogP contribution >= 0.6 is 0 Å². The van der Waals surface area contributed by atoms with Gasteiger partial charge >= 0.3 is 0 Å². The predicted octanol–water partition coefficient (Wildman–Crippen LogP) is 13.7. The maximum Gasteiger partial charge on any atom is 0.262 e. The summed E-state index contributed by atoms with van der Waals surface area (Å²) in [5.74, 6) is 4.21. The van der Waals surface area contributed by atoms with Gasteiger partial charge in [0.1, 0.15) is 6.54 Å². The van der Waals surface area contributed by atoms with E-state index in [-0.39, 0.29) is 39.9 Å². The van der Waals surface area contributed by atoms with Gasteiger partial charge in [-0.2, -0.15) is 5.26 Å². The van der Waals surface area contributed by atoms with E-state index in [2.05, 4.69) is 88.6 Å². The van der Waals surface area contributed by atoms with E-state index < -0.39 is 0 Å². The van der Waals surface area contributed by atoms with Gasteiger partial charge in [-0.1, -0.05) is 120 Å². The first-order valence-electron chi connectivity index (χ1n) is 36.4. The summed E-state index contributed by atoms with van der Waals surface area (Å²) in [6.07, 6.45) is 7.24. The Bertz CT molecular complexity index is 6910. The summed E-state index contributed by atoms with van der Waals surface area (Å²) in [6.45, 7) is 24.0. The number of unbranched alkanes of at least 4 members (excludes halogenated alkanes) is 1. The molecule has 12 heterocycles. The number of hydrogen-bond acceptors (Lipinski definition) is 13. The molecular weight excluding hydrogens is 1360 g/mol. The van der Waals surface area contributed by atoms with Crippen LogP contribution in [0.1, 0.15) is 122 Å². The Morgan fingerprint density at radius 2 is 0.694 bits per heavy atom. The van der Waals surface area contributed by atoms with Crippen molar-refractivity contribution in [3.8, 4) is 6.07 Å². The van der Waals surface area contributed by atoms with E-state index in [1.54, 1.807) is 37.9 Å². The molecule has 0 spiro atoms. The van der Waals surface area contributed by atoms with Crippen molar-refractivity contribution in [2.24, 2.45) is 5.92 Å². The highest BCUT2D eigenvalue weighted by molar-refractivity contribution is 5.83. The molecule has 0 saturated heterocycles. The average Bonchev–Trinajstić information content (AvgIpc) is 1.65. The third-order valence-electron chi connectivity index (χ3n) is 19.6. The van der Waals surface area contributed by atoms with E-state index in [1.807, 2.05) is 194 Å². The normalized spacial score (nSPS) is 11.4. The number of benzene rings is 6. The number of H-pyrrole nitrogens is 5. The summed E-state index contributed by atoms with van der Waals surface area (Å²) in [5, 5.41) is 8.86. The lowest BCUT2D eigenvalue weighted by atomic mass is 10.0. The van der Waals surface area contributed by atoms with Crippen LogP contribution in [0.5, 0.6) is 0 Å². The van der Waals surface area contributed by atoms with Crippen LogP contribution in [0.3, 0.4) is 0 Å². The molecule has 18 rings (SSSR count). The molecule has 25 nitrogen and oxygen atoms in total. The molecule has 0 aliphatic heterocycles. The average molecular weight is 1440 g/mol. The topological polar surface area (TPSA) is 314 Å². The Morgan fingerprint density at radius 1 is 0.380 bits per heavy atom. The number of aromatic amines is 5. The van der Waals surface area contributed by atoms with Crippen LogP contribution in [-0.4, -0.2) is 85.8 Å². The Labute approximate surface area is 617 Å². The van der Waals surface area contributed by atoms with Gasteiger partial charge in [0.2, 0.25) is 34.7 Å². The Hall–Kier alpha value is -13.1. The van der Waals surface area contributed by atoms with Crippen LogP contribution in [-0.2, 0) is 32.2 Å². The molecule has 0 saturated carbocycles.